The number of benzene rings is 3. The van der Waals surface area contributed by atoms with E-state index in [0.29, 0.717) is 11.3 Å². The van der Waals surface area contributed by atoms with Crippen LogP contribution in [-0.4, -0.2) is 29.4 Å². The third kappa shape index (κ3) is 3.53. The molecule has 25 heavy (non-hydrogen) atoms. The number of fused-ring (bicyclic) bond motifs is 1. The molecule has 3 aromatic rings. The summed E-state index contributed by atoms with van der Waals surface area (Å²) in [5, 5.41) is 25.3. The molecule has 0 radical (unpaired) electrons. The van der Waals surface area contributed by atoms with Crippen LogP contribution in [0, 0.1) is 0 Å². The van der Waals surface area contributed by atoms with Crippen LogP contribution in [0.4, 0.5) is 0 Å². The highest BCUT2D eigenvalue weighted by molar-refractivity contribution is 6.01. The maximum atomic E-state index is 12.2. The molecule has 0 aliphatic carbocycles. The number of rotatable bonds is 4. The molecule has 6 heteroatoms. The topological polar surface area (TPSA) is 91.2 Å². The molecule has 3 aromatic carbocycles. The van der Waals surface area contributed by atoms with Gasteiger partial charge in [0.05, 0.1) is 18.9 Å². The highest BCUT2D eigenvalue weighted by atomic mass is 16.5. The summed E-state index contributed by atoms with van der Waals surface area (Å²) in [6.07, 6.45) is 1.30. The molecule has 0 fully saturated rings. The molecular weight excluding hydrogens is 320 g/mol. The SMILES string of the molecule is COc1ccc(O)c(/C=N/NC(=O)c2cc3ccccc3cc2O)c1. The van der Waals surface area contributed by atoms with Crippen molar-refractivity contribution in [2.75, 3.05) is 7.11 Å². The second-order valence-corrected chi connectivity index (χ2v) is 5.34. The van der Waals surface area contributed by atoms with Crippen LogP contribution in [0.1, 0.15) is 15.9 Å². The molecule has 0 bridgehead atoms. The number of hydrogen-bond acceptors (Lipinski definition) is 5. The fraction of sp³-hybridized carbons (Fsp3) is 0.0526. The van der Waals surface area contributed by atoms with E-state index in [0.717, 1.165) is 10.8 Å². The molecule has 0 saturated heterocycles. The van der Waals surface area contributed by atoms with Gasteiger partial charge < -0.3 is 14.9 Å². The third-order valence-electron chi connectivity index (χ3n) is 3.71. The first-order chi connectivity index (χ1) is 12.1. The van der Waals surface area contributed by atoms with Crippen molar-refractivity contribution in [3.05, 3.63) is 65.7 Å². The minimum absolute atomic E-state index is 0.00681. The lowest BCUT2D eigenvalue weighted by Gasteiger charge is -2.06. The van der Waals surface area contributed by atoms with Crippen molar-refractivity contribution in [3.63, 3.8) is 0 Å². The van der Waals surface area contributed by atoms with Crippen LogP contribution in [-0.2, 0) is 0 Å². The van der Waals surface area contributed by atoms with Gasteiger partial charge in [-0.05, 0) is 41.1 Å². The Bertz CT molecular complexity index is 967. The molecule has 3 rings (SSSR count). The molecular formula is C19H16N2O4. The quantitative estimate of drug-likeness (QED) is 0.504. The summed E-state index contributed by atoms with van der Waals surface area (Å²) < 4.78 is 5.07. The standard InChI is InChI=1S/C19H16N2O4/c1-25-15-6-7-17(22)14(8-15)11-20-21-19(24)16-9-12-4-2-3-5-13(12)10-18(16)23/h2-11,22-23H,1H3,(H,21,24)/b20-11+. The predicted octanol–water partition coefficient (Wildman–Crippen LogP) is 3.02. The Balaban J connectivity index is 1.80. The van der Waals surface area contributed by atoms with Crippen LogP contribution in [0.2, 0.25) is 0 Å². The summed E-state index contributed by atoms with van der Waals surface area (Å²) >= 11 is 0. The van der Waals surface area contributed by atoms with E-state index < -0.39 is 5.91 Å². The first-order valence-electron chi connectivity index (χ1n) is 7.50. The molecule has 6 nitrogen and oxygen atoms in total. The zero-order chi connectivity index (χ0) is 17.8. The van der Waals surface area contributed by atoms with Crippen molar-refractivity contribution in [1.82, 2.24) is 5.43 Å². The Kier molecular flexibility index (Phi) is 4.52. The van der Waals surface area contributed by atoms with Gasteiger partial charge in [0.1, 0.15) is 17.2 Å². The number of nitrogens with one attached hydrogen (secondary N) is 1. The van der Waals surface area contributed by atoms with Gasteiger partial charge in [0.15, 0.2) is 0 Å². The molecule has 0 unspecified atom stereocenters. The minimum Gasteiger partial charge on any atom is -0.507 e. The van der Waals surface area contributed by atoms with Crippen molar-refractivity contribution in [2.24, 2.45) is 5.10 Å². The number of phenols is 2. The smallest absolute Gasteiger partial charge is 0.275 e. The van der Waals surface area contributed by atoms with Crippen molar-refractivity contribution in [3.8, 4) is 17.2 Å². The lowest BCUT2D eigenvalue weighted by Crippen LogP contribution is -2.17. The van der Waals surface area contributed by atoms with E-state index in [1.807, 2.05) is 24.3 Å². The summed E-state index contributed by atoms with van der Waals surface area (Å²) in [5.41, 5.74) is 2.84. The van der Waals surface area contributed by atoms with E-state index in [1.165, 1.54) is 25.5 Å². The lowest BCUT2D eigenvalue weighted by atomic mass is 10.1. The van der Waals surface area contributed by atoms with E-state index in [2.05, 4.69) is 10.5 Å². The number of amides is 1. The van der Waals surface area contributed by atoms with Crippen LogP contribution >= 0.6 is 0 Å². The number of phenolic OH excluding ortho intramolecular Hbond substituents is 2. The second-order valence-electron chi connectivity index (χ2n) is 5.34. The highest BCUT2D eigenvalue weighted by Gasteiger charge is 2.11. The van der Waals surface area contributed by atoms with Crippen molar-refractivity contribution in [1.29, 1.82) is 0 Å². The van der Waals surface area contributed by atoms with Gasteiger partial charge in [0, 0.05) is 5.56 Å². The average molecular weight is 336 g/mol. The fourth-order valence-electron chi connectivity index (χ4n) is 2.39. The van der Waals surface area contributed by atoms with Crippen molar-refractivity contribution < 1.29 is 19.7 Å². The Morgan fingerprint density at radius 3 is 2.48 bits per heavy atom. The predicted molar refractivity (Wildman–Crippen MR) is 95.3 cm³/mol. The number of hydrazone groups is 1. The van der Waals surface area contributed by atoms with Crippen molar-refractivity contribution in [2.45, 2.75) is 0 Å². The first kappa shape index (κ1) is 16.3. The number of nitrogens with zero attached hydrogens (tertiary/aromatic N) is 1. The number of ether oxygens (including phenoxy) is 1. The van der Waals surface area contributed by atoms with Crippen LogP contribution in [0.3, 0.4) is 0 Å². The summed E-state index contributed by atoms with van der Waals surface area (Å²) in [7, 11) is 1.51. The van der Waals surface area contributed by atoms with Gasteiger partial charge in [-0.25, -0.2) is 5.43 Å². The summed E-state index contributed by atoms with van der Waals surface area (Å²) in [6.45, 7) is 0. The molecule has 0 aliphatic rings. The van der Waals surface area contributed by atoms with E-state index in [1.54, 1.807) is 18.2 Å². The third-order valence-corrected chi connectivity index (χ3v) is 3.71. The molecule has 0 heterocycles. The van der Waals surface area contributed by atoms with Crippen molar-refractivity contribution >= 4 is 22.9 Å². The Morgan fingerprint density at radius 1 is 1.04 bits per heavy atom. The van der Waals surface area contributed by atoms with Gasteiger partial charge in [-0.1, -0.05) is 24.3 Å². The molecule has 0 spiro atoms. The molecule has 126 valence electrons. The number of carbonyl (C=O) groups excluding carboxylic acids is 1. The monoisotopic (exact) mass is 336 g/mol. The van der Waals surface area contributed by atoms with Crippen LogP contribution < -0.4 is 10.2 Å². The number of hydrogen-bond donors (Lipinski definition) is 3. The van der Waals surface area contributed by atoms with Gasteiger partial charge in [0.25, 0.3) is 5.91 Å². The average Bonchev–Trinajstić information content (AvgIpc) is 2.62. The number of aromatic hydroxyl groups is 2. The van der Waals surface area contributed by atoms with Gasteiger partial charge >= 0.3 is 0 Å². The van der Waals surface area contributed by atoms with Crippen LogP contribution in [0.5, 0.6) is 17.2 Å². The molecule has 0 atom stereocenters. The van der Waals surface area contributed by atoms with Gasteiger partial charge in [-0.3, -0.25) is 4.79 Å². The van der Waals surface area contributed by atoms with Crippen LogP contribution in [0.15, 0.2) is 59.7 Å². The number of carbonyl (C=O) groups is 1. The van der Waals surface area contributed by atoms with Gasteiger partial charge in [-0.15, -0.1) is 0 Å². The zero-order valence-corrected chi connectivity index (χ0v) is 13.4. The van der Waals surface area contributed by atoms with Gasteiger partial charge in [-0.2, -0.15) is 5.10 Å². The Hall–Kier alpha value is -3.54. The maximum absolute atomic E-state index is 12.2. The maximum Gasteiger partial charge on any atom is 0.275 e. The van der Waals surface area contributed by atoms with E-state index in [-0.39, 0.29) is 17.1 Å². The molecule has 1 amide bonds. The highest BCUT2D eigenvalue weighted by Crippen LogP contribution is 2.25. The second kappa shape index (κ2) is 6.92. The molecule has 0 saturated carbocycles. The minimum atomic E-state index is -0.554. The van der Waals surface area contributed by atoms with E-state index in [9.17, 15) is 15.0 Å². The zero-order valence-electron chi connectivity index (χ0n) is 13.4. The normalized spacial score (nSPS) is 10.9. The molecule has 0 aliphatic heterocycles. The molecule has 0 aromatic heterocycles. The summed E-state index contributed by atoms with van der Waals surface area (Å²) in [5.74, 6) is -0.123. The summed E-state index contributed by atoms with van der Waals surface area (Å²) in [4.78, 5) is 12.2. The largest absolute Gasteiger partial charge is 0.507 e. The van der Waals surface area contributed by atoms with Crippen LogP contribution in [0.25, 0.3) is 10.8 Å². The Morgan fingerprint density at radius 2 is 1.76 bits per heavy atom. The first-order valence-corrected chi connectivity index (χ1v) is 7.50. The summed E-state index contributed by atoms with van der Waals surface area (Å²) in [6, 6.07) is 15.2. The molecule has 3 N–H and O–H groups in total. The van der Waals surface area contributed by atoms with Gasteiger partial charge in [0.2, 0.25) is 0 Å². The fourth-order valence-corrected chi connectivity index (χ4v) is 2.39. The Labute approximate surface area is 144 Å². The van der Waals surface area contributed by atoms with E-state index >= 15 is 0 Å². The lowest BCUT2D eigenvalue weighted by molar-refractivity contribution is 0.0952. The number of methoxy groups -OCH3 is 1. The van der Waals surface area contributed by atoms with E-state index in [4.69, 9.17) is 4.74 Å².